The molecule has 0 aliphatic carbocycles. The lowest BCUT2D eigenvalue weighted by atomic mass is 10.2. The van der Waals surface area contributed by atoms with E-state index in [0.717, 1.165) is 16.2 Å². The quantitative estimate of drug-likeness (QED) is 0.706. The maximum atomic E-state index is 10.8. The highest BCUT2D eigenvalue weighted by atomic mass is 32.2. The third kappa shape index (κ3) is 3.02. The van der Waals surface area contributed by atoms with Gasteiger partial charge in [0, 0.05) is 5.75 Å². The van der Waals surface area contributed by atoms with Gasteiger partial charge in [-0.3, -0.25) is 4.79 Å². The number of aromatic nitrogens is 2. The molecule has 0 aliphatic heterocycles. The molecule has 0 fully saturated rings. The fraction of sp³-hybridized carbons (Fsp3) is 0.333. The van der Waals surface area contributed by atoms with Gasteiger partial charge in [0.15, 0.2) is 5.16 Å². The van der Waals surface area contributed by atoms with Gasteiger partial charge in [-0.25, -0.2) is 4.98 Å². The van der Waals surface area contributed by atoms with Gasteiger partial charge in [-0.1, -0.05) is 17.8 Å². The first kappa shape index (κ1) is 12.9. The van der Waals surface area contributed by atoms with Crippen molar-refractivity contribution in [3.63, 3.8) is 0 Å². The number of fused-ring (bicyclic) bond motifs is 1. The Hall–Kier alpha value is -1.53. The summed E-state index contributed by atoms with van der Waals surface area (Å²) >= 11 is 1.54. The fourth-order valence-corrected chi connectivity index (χ4v) is 2.50. The van der Waals surface area contributed by atoms with Crippen LogP contribution in [-0.4, -0.2) is 27.7 Å². The topological polar surface area (TPSA) is 97.8 Å². The van der Waals surface area contributed by atoms with Crippen LogP contribution in [0.25, 0.3) is 11.0 Å². The van der Waals surface area contributed by atoms with Crippen molar-refractivity contribution < 1.29 is 4.79 Å². The van der Waals surface area contributed by atoms with E-state index in [4.69, 9.17) is 11.5 Å². The van der Waals surface area contributed by atoms with Gasteiger partial charge in [-0.05, 0) is 31.0 Å². The molecule has 0 spiro atoms. The number of hydrogen-bond donors (Lipinski definition) is 3. The number of nitrogens with zero attached hydrogens (tertiary/aromatic N) is 1. The van der Waals surface area contributed by atoms with Crippen molar-refractivity contribution >= 4 is 28.7 Å². The van der Waals surface area contributed by atoms with Crippen molar-refractivity contribution in [2.75, 3.05) is 5.75 Å². The number of imidazole rings is 1. The zero-order valence-corrected chi connectivity index (χ0v) is 11.0. The van der Waals surface area contributed by atoms with E-state index in [0.29, 0.717) is 12.2 Å². The fourth-order valence-electron chi connectivity index (χ4n) is 1.59. The van der Waals surface area contributed by atoms with Gasteiger partial charge in [0.05, 0.1) is 17.1 Å². The Morgan fingerprint density at radius 2 is 2.33 bits per heavy atom. The van der Waals surface area contributed by atoms with Gasteiger partial charge in [0.1, 0.15) is 0 Å². The van der Waals surface area contributed by atoms with E-state index in [1.54, 1.807) is 11.8 Å². The van der Waals surface area contributed by atoms with Gasteiger partial charge < -0.3 is 16.5 Å². The van der Waals surface area contributed by atoms with E-state index in [2.05, 4.69) is 16.0 Å². The molecule has 0 radical (unpaired) electrons. The third-order valence-corrected chi connectivity index (χ3v) is 3.56. The van der Waals surface area contributed by atoms with Crippen LogP contribution in [0.1, 0.15) is 12.0 Å². The molecule has 2 rings (SSSR count). The lowest BCUT2D eigenvalue weighted by Crippen LogP contribution is -2.36. The van der Waals surface area contributed by atoms with Crippen LogP contribution in [0.2, 0.25) is 0 Å². The summed E-state index contributed by atoms with van der Waals surface area (Å²) in [5.41, 5.74) is 13.8. The van der Waals surface area contributed by atoms with E-state index in [1.165, 1.54) is 5.56 Å². The lowest BCUT2D eigenvalue weighted by Gasteiger charge is -2.04. The summed E-state index contributed by atoms with van der Waals surface area (Å²) in [5.74, 6) is 0.249. The second-order valence-corrected chi connectivity index (χ2v) is 5.29. The number of thioether (sulfide) groups is 1. The minimum atomic E-state index is -0.580. The molecule has 96 valence electrons. The minimum absolute atomic E-state index is 0.462. The zero-order valence-electron chi connectivity index (χ0n) is 10.1. The number of hydrogen-bond acceptors (Lipinski definition) is 4. The van der Waals surface area contributed by atoms with Crippen LogP contribution in [0, 0.1) is 6.92 Å². The van der Waals surface area contributed by atoms with Crippen LogP contribution in [0.15, 0.2) is 23.4 Å². The Kier molecular flexibility index (Phi) is 3.88. The molecule has 0 saturated heterocycles. The molecule has 0 bridgehead atoms. The Morgan fingerprint density at radius 3 is 3.06 bits per heavy atom. The molecule has 0 aliphatic rings. The summed E-state index contributed by atoms with van der Waals surface area (Å²) in [6.45, 7) is 2.04. The number of carbonyl (C=O) groups is 1. The van der Waals surface area contributed by atoms with Crippen LogP contribution < -0.4 is 11.5 Å². The molecule has 0 saturated carbocycles. The average Bonchev–Trinajstić information content (AvgIpc) is 2.70. The van der Waals surface area contributed by atoms with E-state index in [1.807, 2.05) is 19.1 Å². The molecule has 5 nitrogen and oxygen atoms in total. The number of nitrogens with two attached hydrogens (primary N) is 2. The number of benzene rings is 1. The zero-order chi connectivity index (χ0) is 13.1. The van der Waals surface area contributed by atoms with Crippen LogP contribution >= 0.6 is 11.8 Å². The van der Waals surface area contributed by atoms with Crippen molar-refractivity contribution in [2.45, 2.75) is 24.5 Å². The highest BCUT2D eigenvalue weighted by Crippen LogP contribution is 2.20. The third-order valence-electron chi connectivity index (χ3n) is 2.65. The minimum Gasteiger partial charge on any atom is -0.368 e. The lowest BCUT2D eigenvalue weighted by molar-refractivity contribution is -0.119. The number of aryl methyl sites for hydroxylation is 1. The first-order valence-electron chi connectivity index (χ1n) is 5.70. The molecule has 1 unspecified atom stereocenters. The molecule has 2 aromatic rings. The second kappa shape index (κ2) is 5.41. The number of rotatable bonds is 5. The number of carbonyl (C=O) groups excluding carboxylic acids is 1. The number of amides is 1. The molecule has 1 heterocycles. The van der Waals surface area contributed by atoms with Crippen molar-refractivity contribution in [3.05, 3.63) is 23.8 Å². The number of primary amides is 1. The Bertz CT molecular complexity index is 566. The summed E-state index contributed by atoms with van der Waals surface area (Å²) < 4.78 is 0. The summed E-state index contributed by atoms with van der Waals surface area (Å²) in [6, 6.07) is 5.49. The highest BCUT2D eigenvalue weighted by molar-refractivity contribution is 7.99. The smallest absolute Gasteiger partial charge is 0.234 e. The van der Waals surface area contributed by atoms with Crippen LogP contribution in [0.4, 0.5) is 0 Å². The SMILES string of the molecule is Cc1ccc2nc(SCCC(N)C(N)=O)[nH]c2c1. The standard InChI is InChI=1S/C12H16N4OS/c1-7-2-3-9-10(6-7)16-12(15-9)18-5-4-8(13)11(14)17/h2-3,6,8H,4-5,13H2,1H3,(H2,14,17)(H,15,16). The Labute approximate surface area is 109 Å². The maximum Gasteiger partial charge on any atom is 0.234 e. The molecule has 1 aromatic heterocycles. The molecule has 18 heavy (non-hydrogen) atoms. The summed E-state index contributed by atoms with van der Waals surface area (Å²) in [4.78, 5) is 18.5. The highest BCUT2D eigenvalue weighted by Gasteiger charge is 2.09. The van der Waals surface area contributed by atoms with Gasteiger partial charge >= 0.3 is 0 Å². The van der Waals surface area contributed by atoms with E-state index in [9.17, 15) is 4.79 Å². The van der Waals surface area contributed by atoms with Crippen LogP contribution in [-0.2, 0) is 4.79 Å². The van der Waals surface area contributed by atoms with Crippen molar-refractivity contribution in [1.82, 2.24) is 9.97 Å². The normalized spacial score (nSPS) is 12.8. The van der Waals surface area contributed by atoms with E-state index >= 15 is 0 Å². The largest absolute Gasteiger partial charge is 0.368 e. The first-order valence-corrected chi connectivity index (χ1v) is 6.69. The van der Waals surface area contributed by atoms with Crippen molar-refractivity contribution in [2.24, 2.45) is 11.5 Å². The van der Waals surface area contributed by atoms with Crippen molar-refractivity contribution in [1.29, 1.82) is 0 Å². The van der Waals surface area contributed by atoms with Gasteiger partial charge in [-0.2, -0.15) is 0 Å². The first-order chi connectivity index (χ1) is 8.56. The van der Waals surface area contributed by atoms with Crippen molar-refractivity contribution in [3.8, 4) is 0 Å². The predicted octanol–water partition coefficient (Wildman–Crippen LogP) is 1.17. The van der Waals surface area contributed by atoms with Crippen LogP contribution in [0.3, 0.4) is 0 Å². The molecule has 1 atom stereocenters. The van der Waals surface area contributed by atoms with Gasteiger partial charge in [-0.15, -0.1) is 0 Å². The summed E-state index contributed by atoms with van der Waals surface area (Å²) in [7, 11) is 0. The predicted molar refractivity (Wildman–Crippen MR) is 73.3 cm³/mol. The molecule has 1 amide bonds. The Morgan fingerprint density at radius 1 is 1.56 bits per heavy atom. The molecule has 1 aromatic carbocycles. The molecule has 6 heteroatoms. The molecular formula is C12H16N4OS. The number of H-pyrrole nitrogens is 1. The number of nitrogens with one attached hydrogen (secondary N) is 1. The Balaban J connectivity index is 1.98. The summed E-state index contributed by atoms with van der Waals surface area (Å²) in [6.07, 6.45) is 0.552. The van der Waals surface area contributed by atoms with E-state index in [-0.39, 0.29) is 0 Å². The number of aromatic amines is 1. The average molecular weight is 264 g/mol. The van der Waals surface area contributed by atoms with Gasteiger partial charge in [0.2, 0.25) is 5.91 Å². The summed E-state index contributed by atoms with van der Waals surface area (Å²) in [5, 5.41) is 0.840. The van der Waals surface area contributed by atoms with Gasteiger partial charge in [0.25, 0.3) is 0 Å². The van der Waals surface area contributed by atoms with Crippen LogP contribution in [0.5, 0.6) is 0 Å². The second-order valence-electron chi connectivity index (χ2n) is 4.21. The maximum absolute atomic E-state index is 10.8. The molecule has 5 N–H and O–H groups in total. The van der Waals surface area contributed by atoms with E-state index < -0.39 is 11.9 Å². The monoisotopic (exact) mass is 264 g/mol. The molecular weight excluding hydrogens is 248 g/mol.